The maximum absolute atomic E-state index is 13.8. The standard InChI is InChI=1S/C25H21ClN2O2/c1-15-7-3-4-8-17(15)14-28-22-12-11-18(26)13-20(22)25(30,24(28)29)23-16(2)27-21-10-6-5-9-19(21)23/h3-13,27,30H,14H2,1-2H3/t25-/m1/s1. The van der Waals surface area contributed by atoms with Crippen molar-refractivity contribution in [1.82, 2.24) is 4.98 Å². The van der Waals surface area contributed by atoms with Crippen LogP contribution in [0.5, 0.6) is 0 Å². The number of para-hydroxylation sites is 1. The van der Waals surface area contributed by atoms with Gasteiger partial charge in [-0.25, -0.2) is 0 Å². The Morgan fingerprint density at radius 3 is 2.57 bits per heavy atom. The molecule has 0 spiro atoms. The number of carbonyl (C=O) groups is 1. The summed E-state index contributed by atoms with van der Waals surface area (Å²) < 4.78 is 0. The third-order valence-electron chi connectivity index (χ3n) is 6.04. The monoisotopic (exact) mass is 416 g/mol. The molecule has 4 nitrogen and oxygen atoms in total. The number of fused-ring (bicyclic) bond motifs is 2. The largest absolute Gasteiger partial charge is 0.372 e. The minimum Gasteiger partial charge on any atom is -0.372 e. The maximum atomic E-state index is 13.8. The van der Waals surface area contributed by atoms with Crippen molar-refractivity contribution in [1.29, 1.82) is 0 Å². The fourth-order valence-corrected chi connectivity index (χ4v) is 4.72. The van der Waals surface area contributed by atoms with Crippen molar-refractivity contribution in [2.75, 3.05) is 4.90 Å². The summed E-state index contributed by atoms with van der Waals surface area (Å²) in [6.45, 7) is 4.29. The van der Waals surface area contributed by atoms with Gasteiger partial charge < -0.3 is 15.0 Å². The number of carbonyl (C=O) groups excluding carboxylic acids is 1. The lowest BCUT2D eigenvalue weighted by molar-refractivity contribution is -0.132. The number of rotatable bonds is 3. The third-order valence-corrected chi connectivity index (χ3v) is 6.27. The van der Waals surface area contributed by atoms with Gasteiger partial charge in [0.1, 0.15) is 0 Å². The van der Waals surface area contributed by atoms with Gasteiger partial charge >= 0.3 is 0 Å². The van der Waals surface area contributed by atoms with Crippen LogP contribution in [0.1, 0.15) is 27.9 Å². The first-order chi connectivity index (χ1) is 14.4. The van der Waals surface area contributed by atoms with Crippen LogP contribution in [-0.2, 0) is 16.9 Å². The van der Waals surface area contributed by atoms with Gasteiger partial charge in [-0.15, -0.1) is 0 Å². The van der Waals surface area contributed by atoms with Crippen molar-refractivity contribution in [2.24, 2.45) is 0 Å². The van der Waals surface area contributed by atoms with Gasteiger partial charge in [0.2, 0.25) is 0 Å². The molecule has 0 fully saturated rings. The quantitative estimate of drug-likeness (QED) is 0.481. The highest BCUT2D eigenvalue weighted by atomic mass is 35.5. The molecule has 1 aromatic heterocycles. The number of aliphatic hydroxyl groups is 1. The van der Waals surface area contributed by atoms with Crippen LogP contribution in [0, 0.1) is 13.8 Å². The highest BCUT2D eigenvalue weighted by Gasteiger charge is 2.53. The van der Waals surface area contributed by atoms with Crippen LogP contribution in [-0.4, -0.2) is 16.0 Å². The summed E-state index contributed by atoms with van der Waals surface area (Å²) in [7, 11) is 0. The van der Waals surface area contributed by atoms with Gasteiger partial charge in [0, 0.05) is 32.7 Å². The zero-order valence-electron chi connectivity index (χ0n) is 16.7. The second kappa shape index (κ2) is 6.73. The molecule has 5 rings (SSSR count). The number of aromatic amines is 1. The van der Waals surface area contributed by atoms with Crippen LogP contribution < -0.4 is 4.90 Å². The van der Waals surface area contributed by atoms with E-state index in [1.165, 1.54) is 0 Å². The molecule has 0 unspecified atom stereocenters. The molecule has 150 valence electrons. The topological polar surface area (TPSA) is 56.3 Å². The summed E-state index contributed by atoms with van der Waals surface area (Å²) in [4.78, 5) is 18.8. The zero-order valence-corrected chi connectivity index (χ0v) is 17.5. The van der Waals surface area contributed by atoms with Crippen LogP contribution >= 0.6 is 11.6 Å². The van der Waals surface area contributed by atoms with Crippen molar-refractivity contribution < 1.29 is 9.90 Å². The average molecular weight is 417 g/mol. The number of halogens is 1. The second-order valence-corrected chi connectivity index (χ2v) is 8.30. The third kappa shape index (κ3) is 2.61. The van der Waals surface area contributed by atoms with E-state index in [0.717, 1.165) is 27.7 Å². The first kappa shape index (κ1) is 18.9. The molecule has 30 heavy (non-hydrogen) atoms. The lowest BCUT2D eigenvalue weighted by atomic mass is 9.85. The summed E-state index contributed by atoms with van der Waals surface area (Å²) in [5, 5.41) is 13.3. The molecule has 1 aliphatic heterocycles. The Kier molecular flexibility index (Phi) is 4.24. The van der Waals surface area contributed by atoms with Crippen molar-refractivity contribution in [3.05, 3.63) is 99.7 Å². The first-order valence-electron chi connectivity index (χ1n) is 9.88. The van der Waals surface area contributed by atoms with E-state index in [2.05, 4.69) is 4.98 Å². The Morgan fingerprint density at radius 1 is 1.03 bits per heavy atom. The first-order valence-corrected chi connectivity index (χ1v) is 10.3. The molecule has 0 bridgehead atoms. The van der Waals surface area contributed by atoms with Crippen molar-refractivity contribution in [2.45, 2.75) is 26.0 Å². The molecule has 4 aromatic rings. The SMILES string of the molecule is Cc1ccccc1CN1C(=O)[C@](O)(c2c(C)[nH]c3ccccc23)c2cc(Cl)ccc21. The fraction of sp³-hybridized carbons (Fsp3) is 0.160. The van der Waals surface area contributed by atoms with Gasteiger partial charge in [0.25, 0.3) is 5.91 Å². The minimum atomic E-state index is -1.81. The smallest absolute Gasteiger partial charge is 0.268 e. The summed E-state index contributed by atoms with van der Waals surface area (Å²) in [5.74, 6) is -0.365. The van der Waals surface area contributed by atoms with Crippen LogP contribution in [0.25, 0.3) is 10.9 Å². The summed E-state index contributed by atoms with van der Waals surface area (Å²) in [5.41, 5.74) is 3.74. The Hall–Kier alpha value is -3.08. The molecule has 2 heterocycles. The molecule has 1 amide bonds. The lowest BCUT2D eigenvalue weighted by Crippen LogP contribution is -2.41. The van der Waals surface area contributed by atoms with Gasteiger partial charge in [0.05, 0.1) is 12.2 Å². The number of nitrogens with zero attached hydrogens (tertiary/aromatic N) is 1. The van der Waals surface area contributed by atoms with E-state index in [0.29, 0.717) is 28.4 Å². The fourth-order valence-electron chi connectivity index (χ4n) is 4.55. The second-order valence-electron chi connectivity index (χ2n) is 7.86. The Balaban J connectivity index is 1.74. The molecule has 1 aliphatic rings. The molecular weight excluding hydrogens is 396 g/mol. The molecule has 1 atom stereocenters. The number of anilines is 1. The maximum Gasteiger partial charge on any atom is 0.268 e. The number of benzene rings is 3. The molecule has 3 aromatic carbocycles. The lowest BCUT2D eigenvalue weighted by Gasteiger charge is -2.24. The number of hydrogen-bond acceptors (Lipinski definition) is 2. The Labute approximate surface area is 179 Å². The highest BCUT2D eigenvalue weighted by Crippen LogP contribution is 2.48. The van der Waals surface area contributed by atoms with Gasteiger partial charge in [-0.05, 0) is 49.2 Å². The molecule has 0 aliphatic carbocycles. The van der Waals surface area contributed by atoms with E-state index in [1.807, 2.05) is 68.4 Å². The van der Waals surface area contributed by atoms with Crippen LogP contribution in [0.15, 0.2) is 66.7 Å². The Bertz CT molecular complexity index is 1310. The van der Waals surface area contributed by atoms with E-state index in [4.69, 9.17) is 11.6 Å². The summed E-state index contributed by atoms with van der Waals surface area (Å²) in [6, 6.07) is 20.9. The number of H-pyrrole nitrogens is 1. The van der Waals surface area contributed by atoms with E-state index in [1.54, 1.807) is 17.0 Å². The molecule has 5 heteroatoms. The molecule has 0 saturated heterocycles. The van der Waals surface area contributed by atoms with Crippen molar-refractivity contribution in [3.63, 3.8) is 0 Å². The van der Waals surface area contributed by atoms with E-state index < -0.39 is 5.60 Å². The van der Waals surface area contributed by atoms with Gasteiger partial charge in [-0.3, -0.25) is 4.79 Å². The van der Waals surface area contributed by atoms with E-state index in [-0.39, 0.29) is 5.91 Å². The van der Waals surface area contributed by atoms with Gasteiger partial charge in [-0.2, -0.15) is 0 Å². The minimum absolute atomic E-state index is 0.365. The molecule has 0 radical (unpaired) electrons. The zero-order chi connectivity index (χ0) is 21.0. The number of nitrogens with one attached hydrogen (secondary N) is 1. The number of aromatic nitrogens is 1. The number of amides is 1. The average Bonchev–Trinajstić information content (AvgIpc) is 3.17. The summed E-state index contributed by atoms with van der Waals surface area (Å²) in [6.07, 6.45) is 0. The number of aryl methyl sites for hydroxylation is 2. The molecule has 2 N–H and O–H groups in total. The Morgan fingerprint density at radius 2 is 1.77 bits per heavy atom. The van der Waals surface area contributed by atoms with E-state index in [9.17, 15) is 9.90 Å². The van der Waals surface area contributed by atoms with Crippen LogP contribution in [0.4, 0.5) is 5.69 Å². The number of hydrogen-bond donors (Lipinski definition) is 2. The van der Waals surface area contributed by atoms with Gasteiger partial charge in [0.15, 0.2) is 5.60 Å². The predicted molar refractivity (Wildman–Crippen MR) is 120 cm³/mol. The van der Waals surface area contributed by atoms with Crippen molar-refractivity contribution in [3.8, 4) is 0 Å². The van der Waals surface area contributed by atoms with Crippen LogP contribution in [0.3, 0.4) is 0 Å². The molecular formula is C25H21ClN2O2. The predicted octanol–water partition coefficient (Wildman–Crippen LogP) is 5.22. The normalized spacial score (nSPS) is 18.3. The summed E-state index contributed by atoms with van der Waals surface area (Å²) >= 11 is 6.30. The van der Waals surface area contributed by atoms with E-state index >= 15 is 0 Å². The highest BCUT2D eigenvalue weighted by molar-refractivity contribution is 6.31. The van der Waals surface area contributed by atoms with Gasteiger partial charge in [-0.1, -0.05) is 54.1 Å². The van der Waals surface area contributed by atoms with Crippen LogP contribution in [0.2, 0.25) is 5.02 Å². The molecule has 0 saturated carbocycles. The van der Waals surface area contributed by atoms with Crippen molar-refractivity contribution >= 4 is 34.1 Å².